The third kappa shape index (κ3) is 8.34. The predicted octanol–water partition coefficient (Wildman–Crippen LogP) is 5.95. The fraction of sp³-hybridized carbons (Fsp3) is 0.556. The van der Waals surface area contributed by atoms with Crippen molar-refractivity contribution in [2.45, 2.75) is 57.5 Å². The first-order valence-electron chi connectivity index (χ1n) is 13.4. The van der Waals surface area contributed by atoms with Gasteiger partial charge in [0.1, 0.15) is 18.2 Å². The number of urea groups is 1. The number of aromatic nitrogens is 1. The molecule has 1 atom stereocenters. The Morgan fingerprint density at radius 1 is 1.12 bits per heavy atom. The number of pyridine rings is 1. The highest BCUT2D eigenvalue weighted by atomic mass is 35.5. The molecule has 7 nitrogen and oxygen atoms in total. The Morgan fingerprint density at radius 2 is 1.88 bits per heavy atom. The summed E-state index contributed by atoms with van der Waals surface area (Å²) in [7, 11) is 0. The Bertz CT molecular complexity index is 1170. The Hall–Kier alpha value is -2.34. The molecule has 2 saturated heterocycles. The normalized spacial score (nSPS) is 19.6. The molecule has 3 heterocycles. The number of alkyl halides is 3. The van der Waals surface area contributed by atoms with Gasteiger partial charge in [0.15, 0.2) is 0 Å². The summed E-state index contributed by atoms with van der Waals surface area (Å²) in [5.41, 5.74) is 1.26. The lowest BCUT2D eigenvalue weighted by Gasteiger charge is -2.47. The molecule has 4 rings (SSSR count). The van der Waals surface area contributed by atoms with E-state index >= 15 is 0 Å². The second kappa shape index (κ2) is 13.5. The molecule has 0 unspecified atom stereocenters. The van der Waals surface area contributed by atoms with Gasteiger partial charge in [0, 0.05) is 64.4 Å². The largest absolute Gasteiger partial charge is 0.405 e. The van der Waals surface area contributed by atoms with Crippen LogP contribution in [0.1, 0.15) is 40.2 Å². The van der Waals surface area contributed by atoms with E-state index in [1.165, 1.54) is 6.07 Å². The van der Waals surface area contributed by atoms with E-state index < -0.39 is 18.8 Å². The van der Waals surface area contributed by atoms with Crippen LogP contribution in [0, 0.1) is 5.82 Å². The number of piperidine rings is 1. The number of nitrogens with one attached hydrogen (secondary N) is 2. The molecule has 1 aromatic carbocycles. The maximum absolute atomic E-state index is 14.2. The predicted molar refractivity (Wildman–Crippen MR) is 152 cm³/mol. The number of piperazine rings is 1. The van der Waals surface area contributed by atoms with Gasteiger partial charge >= 0.3 is 12.2 Å². The van der Waals surface area contributed by atoms with Crippen molar-refractivity contribution in [1.29, 1.82) is 0 Å². The minimum Gasteiger partial charge on any atom is -0.353 e. The molecule has 2 fully saturated rings. The average Bonchev–Trinajstić information content (AvgIpc) is 2.92. The van der Waals surface area contributed by atoms with Crippen LogP contribution in [-0.2, 0) is 13.1 Å². The van der Waals surface area contributed by atoms with Gasteiger partial charge in [-0.3, -0.25) is 9.80 Å². The molecule has 2 N–H and O–H groups in total. The quantitative estimate of drug-likeness (QED) is 0.363. The van der Waals surface area contributed by atoms with E-state index in [2.05, 4.69) is 31.9 Å². The van der Waals surface area contributed by atoms with E-state index in [4.69, 9.17) is 23.2 Å². The van der Waals surface area contributed by atoms with Gasteiger partial charge in [-0.2, -0.15) is 13.2 Å². The Morgan fingerprint density at radius 3 is 2.52 bits per heavy atom. The zero-order chi connectivity index (χ0) is 28.9. The van der Waals surface area contributed by atoms with Gasteiger partial charge in [0.05, 0.1) is 5.02 Å². The van der Waals surface area contributed by atoms with Gasteiger partial charge in [-0.25, -0.2) is 14.2 Å². The summed E-state index contributed by atoms with van der Waals surface area (Å²) in [4.78, 5) is 23.2. The van der Waals surface area contributed by atoms with Crippen LogP contribution >= 0.6 is 23.2 Å². The van der Waals surface area contributed by atoms with Crippen molar-refractivity contribution < 1.29 is 25.2 Å². The summed E-state index contributed by atoms with van der Waals surface area (Å²) in [5, 5.41) is 4.98. The second-order valence-corrected chi connectivity index (χ2v) is 11.1. The monoisotopic (exact) mass is 608 g/mol. The van der Waals surface area contributed by atoms with E-state index in [9.17, 15) is 22.4 Å². The highest BCUT2D eigenvalue weighted by Crippen LogP contribution is 2.30. The number of hydrogen-bond acceptors (Lipinski definition) is 5. The molecule has 0 bridgehead atoms. The standard InChI is InChI=1S/C27H34Cl2F4N6O.2H2/c1-2-21-16-38(25-23(29)11-18(13-34-25)14-35-26(40)36-17-27(31,32)33)9-10-39(21)22-5-7-37(8-6-22)15-19-3-4-20(28)12-24(19)30;;/h3-4,11-13,21-22H,2,5-10,14-17H2,1H3,(H2,35,36,40);2*1H/t21-;;/m0../s1. The van der Waals surface area contributed by atoms with Gasteiger partial charge in [-0.05, 0) is 56.1 Å². The molecule has 2 amide bonds. The molecule has 13 heteroatoms. The van der Waals surface area contributed by atoms with E-state index in [0.717, 1.165) is 52.0 Å². The minimum atomic E-state index is -4.47. The van der Waals surface area contributed by atoms with E-state index in [1.807, 2.05) is 0 Å². The molecule has 2 aliphatic heterocycles. The van der Waals surface area contributed by atoms with E-state index in [1.54, 1.807) is 29.7 Å². The first-order valence-corrected chi connectivity index (χ1v) is 14.2. The van der Waals surface area contributed by atoms with Gasteiger partial charge in [0.25, 0.3) is 0 Å². The maximum atomic E-state index is 14.2. The minimum absolute atomic E-state index is 0. The number of halogens is 6. The number of benzene rings is 1. The molecule has 40 heavy (non-hydrogen) atoms. The maximum Gasteiger partial charge on any atom is 0.405 e. The van der Waals surface area contributed by atoms with Gasteiger partial charge in [-0.1, -0.05) is 36.2 Å². The summed E-state index contributed by atoms with van der Waals surface area (Å²) < 4.78 is 51.0. The lowest BCUT2D eigenvalue weighted by molar-refractivity contribution is -0.122. The van der Waals surface area contributed by atoms with Crippen molar-refractivity contribution in [1.82, 2.24) is 25.4 Å². The van der Waals surface area contributed by atoms with Crippen LogP contribution in [0.4, 0.5) is 28.2 Å². The Kier molecular flexibility index (Phi) is 10.4. The third-order valence-electron chi connectivity index (χ3n) is 7.52. The van der Waals surface area contributed by atoms with Crippen LogP contribution in [-0.4, -0.2) is 78.3 Å². The first-order chi connectivity index (χ1) is 19.0. The molecule has 2 aromatic rings. The number of anilines is 1. The molecule has 1 aromatic heterocycles. The van der Waals surface area contributed by atoms with Crippen molar-refractivity contribution in [3.05, 3.63) is 57.5 Å². The van der Waals surface area contributed by atoms with Gasteiger partial charge < -0.3 is 15.5 Å². The number of hydrogen-bond donors (Lipinski definition) is 2. The lowest BCUT2D eigenvalue weighted by Crippen LogP contribution is -2.58. The van der Waals surface area contributed by atoms with E-state index in [0.29, 0.717) is 45.6 Å². The topological polar surface area (TPSA) is 63.7 Å². The van der Waals surface area contributed by atoms with E-state index in [-0.39, 0.29) is 15.2 Å². The molecule has 0 aliphatic carbocycles. The molecule has 0 radical (unpaired) electrons. The number of carbonyl (C=O) groups excluding carboxylic acids is 1. The van der Waals surface area contributed by atoms with Crippen molar-refractivity contribution in [2.75, 3.05) is 44.2 Å². The summed E-state index contributed by atoms with van der Waals surface area (Å²) in [5.74, 6) is 0.393. The molecule has 0 saturated carbocycles. The molecular weight excluding hydrogens is 571 g/mol. The molecule has 224 valence electrons. The summed E-state index contributed by atoms with van der Waals surface area (Å²) in [6.45, 7) is 5.57. The summed E-state index contributed by atoms with van der Waals surface area (Å²) in [6, 6.07) is 6.40. The van der Waals surface area contributed by atoms with Crippen LogP contribution < -0.4 is 15.5 Å². The second-order valence-electron chi connectivity index (χ2n) is 10.3. The zero-order valence-electron chi connectivity index (χ0n) is 22.3. The number of amides is 2. The van der Waals surface area contributed by atoms with Crippen molar-refractivity contribution in [3.8, 4) is 0 Å². The number of carbonyl (C=O) groups is 1. The van der Waals surface area contributed by atoms with Gasteiger partial charge in [0.2, 0.25) is 0 Å². The van der Waals surface area contributed by atoms with Crippen molar-refractivity contribution in [2.24, 2.45) is 0 Å². The van der Waals surface area contributed by atoms with Crippen molar-refractivity contribution >= 4 is 35.1 Å². The highest BCUT2D eigenvalue weighted by molar-refractivity contribution is 6.33. The fourth-order valence-corrected chi connectivity index (χ4v) is 5.90. The highest BCUT2D eigenvalue weighted by Gasteiger charge is 2.34. The van der Waals surface area contributed by atoms with Crippen LogP contribution in [0.5, 0.6) is 0 Å². The number of nitrogens with zero attached hydrogens (tertiary/aromatic N) is 4. The van der Waals surface area contributed by atoms with Crippen LogP contribution in [0.15, 0.2) is 30.5 Å². The van der Waals surface area contributed by atoms with Crippen LogP contribution in [0.2, 0.25) is 10.0 Å². The lowest BCUT2D eigenvalue weighted by atomic mass is 9.97. The molecular formula is C27H38Cl2F4N6O. The summed E-state index contributed by atoms with van der Waals surface area (Å²) in [6.07, 6.45) is 0.114. The Balaban J connectivity index is 0.00000308. The SMILES string of the molecule is CC[C@H]1CN(c2ncc(CNC(=O)NCC(F)(F)F)cc2Cl)CCN1C1CCN(Cc2ccc(Cl)cc2F)CC1.[HH].[HH]. The number of likely N-dealkylation sites (tertiary alicyclic amines) is 1. The average molecular weight is 610 g/mol. The molecule has 0 spiro atoms. The van der Waals surface area contributed by atoms with Gasteiger partial charge in [-0.15, -0.1) is 0 Å². The van der Waals surface area contributed by atoms with Crippen LogP contribution in [0.25, 0.3) is 0 Å². The fourth-order valence-electron chi connectivity index (χ4n) is 5.43. The Labute approximate surface area is 244 Å². The zero-order valence-corrected chi connectivity index (χ0v) is 23.8. The first kappa shape index (κ1) is 30.6. The smallest absolute Gasteiger partial charge is 0.353 e. The molecule has 2 aliphatic rings. The third-order valence-corrected chi connectivity index (χ3v) is 8.03. The number of rotatable bonds is 8. The summed E-state index contributed by atoms with van der Waals surface area (Å²) >= 11 is 12.4. The van der Waals surface area contributed by atoms with Crippen molar-refractivity contribution in [3.63, 3.8) is 0 Å². The van der Waals surface area contributed by atoms with Crippen LogP contribution in [0.3, 0.4) is 0 Å².